The Morgan fingerprint density at radius 2 is 2.00 bits per heavy atom. The van der Waals surface area contributed by atoms with Gasteiger partial charge >= 0.3 is 0 Å². The highest BCUT2D eigenvalue weighted by atomic mass is 16.3. The molecule has 1 aromatic rings. The summed E-state index contributed by atoms with van der Waals surface area (Å²) in [5.74, 6) is 0.397. The summed E-state index contributed by atoms with van der Waals surface area (Å²) < 4.78 is 0. The highest BCUT2D eigenvalue weighted by Crippen LogP contribution is 2.25. The fraction of sp³-hybridized carbons (Fsp3) is 0.538. The first-order valence-corrected chi connectivity index (χ1v) is 5.80. The van der Waals surface area contributed by atoms with Crippen molar-refractivity contribution in [1.29, 1.82) is 0 Å². The summed E-state index contributed by atoms with van der Waals surface area (Å²) in [5, 5.41) is 13.2. The standard InChI is InChI=1S/C13H21NO/c1-3-5-10-14-12(4-2)11-8-6-7-9-13(11)15/h6-9,12,14-15H,3-5,10H2,1-2H3. The molecule has 0 aliphatic carbocycles. The zero-order valence-corrected chi connectivity index (χ0v) is 9.66. The lowest BCUT2D eigenvalue weighted by Crippen LogP contribution is -2.21. The van der Waals surface area contributed by atoms with E-state index in [1.54, 1.807) is 6.07 Å². The fourth-order valence-electron chi connectivity index (χ4n) is 1.71. The van der Waals surface area contributed by atoms with E-state index in [0.29, 0.717) is 5.75 Å². The van der Waals surface area contributed by atoms with Gasteiger partial charge in [-0.15, -0.1) is 0 Å². The van der Waals surface area contributed by atoms with Crippen molar-refractivity contribution in [2.45, 2.75) is 39.2 Å². The molecule has 15 heavy (non-hydrogen) atoms. The molecule has 0 heterocycles. The molecule has 2 N–H and O–H groups in total. The van der Waals surface area contributed by atoms with Crippen LogP contribution in [-0.2, 0) is 0 Å². The number of hydrogen-bond acceptors (Lipinski definition) is 2. The van der Waals surface area contributed by atoms with Gasteiger partial charge in [0.2, 0.25) is 0 Å². The Morgan fingerprint density at radius 1 is 1.27 bits per heavy atom. The molecule has 0 saturated heterocycles. The summed E-state index contributed by atoms with van der Waals surface area (Å²) in [4.78, 5) is 0. The molecule has 1 aromatic carbocycles. The second-order valence-electron chi connectivity index (χ2n) is 3.83. The van der Waals surface area contributed by atoms with Gasteiger partial charge in [0, 0.05) is 11.6 Å². The highest BCUT2D eigenvalue weighted by Gasteiger charge is 2.11. The first-order valence-electron chi connectivity index (χ1n) is 5.80. The highest BCUT2D eigenvalue weighted by molar-refractivity contribution is 5.34. The van der Waals surface area contributed by atoms with Gasteiger partial charge in [-0.3, -0.25) is 0 Å². The molecule has 2 heteroatoms. The Hall–Kier alpha value is -1.02. The number of nitrogens with one attached hydrogen (secondary N) is 1. The Labute approximate surface area is 92.3 Å². The van der Waals surface area contributed by atoms with E-state index in [-0.39, 0.29) is 6.04 Å². The molecular formula is C13H21NO. The van der Waals surface area contributed by atoms with Gasteiger partial charge in [-0.05, 0) is 25.5 Å². The summed E-state index contributed by atoms with van der Waals surface area (Å²) in [5.41, 5.74) is 1.01. The van der Waals surface area contributed by atoms with Crippen LogP contribution in [0.15, 0.2) is 24.3 Å². The van der Waals surface area contributed by atoms with E-state index >= 15 is 0 Å². The maximum Gasteiger partial charge on any atom is 0.120 e. The molecule has 0 bridgehead atoms. The van der Waals surface area contributed by atoms with Gasteiger partial charge in [0.1, 0.15) is 5.75 Å². The van der Waals surface area contributed by atoms with Crippen LogP contribution in [0.2, 0.25) is 0 Å². The number of phenols is 1. The molecule has 0 saturated carbocycles. The van der Waals surface area contributed by atoms with Crippen LogP contribution in [-0.4, -0.2) is 11.7 Å². The van der Waals surface area contributed by atoms with Crippen molar-refractivity contribution in [3.63, 3.8) is 0 Å². The lowest BCUT2D eigenvalue weighted by Gasteiger charge is -2.18. The van der Waals surface area contributed by atoms with Crippen LogP contribution in [0.25, 0.3) is 0 Å². The van der Waals surface area contributed by atoms with Gasteiger partial charge in [-0.2, -0.15) is 0 Å². The second-order valence-corrected chi connectivity index (χ2v) is 3.83. The summed E-state index contributed by atoms with van der Waals surface area (Å²) in [6, 6.07) is 7.84. The quantitative estimate of drug-likeness (QED) is 0.702. The monoisotopic (exact) mass is 207 g/mol. The zero-order valence-electron chi connectivity index (χ0n) is 9.66. The Morgan fingerprint density at radius 3 is 2.60 bits per heavy atom. The molecule has 0 spiro atoms. The average molecular weight is 207 g/mol. The van der Waals surface area contributed by atoms with Crippen molar-refractivity contribution in [2.75, 3.05) is 6.54 Å². The van der Waals surface area contributed by atoms with Crippen LogP contribution < -0.4 is 5.32 Å². The molecule has 0 radical (unpaired) electrons. The first kappa shape index (κ1) is 12.1. The van der Waals surface area contributed by atoms with Gasteiger partial charge in [0.05, 0.1) is 0 Å². The van der Waals surface area contributed by atoms with Crippen LogP contribution in [0.5, 0.6) is 5.75 Å². The summed E-state index contributed by atoms with van der Waals surface area (Å²) in [6.07, 6.45) is 3.38. The molecule has 1 atom stereocenters. The predicted octanol–water partition coefficient (Wildman–Crippen LogP) is 3.23. The summed E-state index contributed by atoms with van der Waals surface area (Å²) in [6.45, 7) is 5.34. The minimum Gasteiger partial charge on any atom is -0.508 e. The molecule has 0 amide bonds. The molecule has 2 nitrogen and oxygen atoms in total. The minimum atomic E-state index is 0.276. The zero-order chi connectivity index (χ0) is 11.1. The predicted molar refractivity (Wildman–Crippen MR) is 64.0 cm³/mol. The van der Waals surface area contributed by atoms with E-state index in [1.165, 1.54) is 12.8 Å². The molecule has 0 aliphatic heterocycles. The smallest absolute Gasteiger partial charge is 0.120 e. The number of aromatic hydroxyl groups is 1. The molecule has 0 fully saturated rings. The van der Waals surface area contributed by atoms with E-state index in [9.17, 15) is 5.11 Å². The average Bonchev–Trinajstić information content (AvgIpc) is 2.26. The third kappa shape index (κ3) is 3.56. The van der Waals surface area contributed by atoms with E-state index in [0.717, 1.165) is 18.5 Å². The number of unbranched alkanes of at least 4 members (excludes halogenated alkanes) is 1. The number of para-hydroxylation sites is 1. The topological polar surface area (TPSA) is 32.3 Å². The van der Waals surface area contributed by atoms with E-state index in [1.807, 2.05) is 18.2 Å². The van der Waals surface area contributed by atoms with Crippen molar-refractivity contribution >= 4 is 0 Å². The SMILES string of the molecule is CCCCNC(CC)c1ccccc1O. The van der Waals surface area contributed by atoms with Gasteiger partial charge in [0.25, 0.3) is 0 Å². The minimum absolute atomic E-state index is 0.276. The number of rotatable bonds is 6. The van der Waals surface area contributed by atoms with Crippen LogP contribution >= 0.6 is 0 Å². The van der Waals surface area contributed by atoms with Crippen molar-refractivity contribution in [3.8, 4) is 5.75 Å². The first-order chi connectivity index (χ1) is 7.29. The summed E-state index contributed by atoms with van der Waals surface area (Å²) >= 11 is 0. The number of benzene rings is 1. The van der Waals surface area contributed by atoms with Crippen LogP contribution in [0.4, 0.5) is 0 Å². The second kappa shape index (κ2) is 6.46. The van der Waals surface area contributed by atoms with Crippen LogP contribution in [0.3, 0.4) is 0 Å². The fourth-order valence-corrected chi connectivity index (χ4v) is 1.71. The normalized spacial score (nSPS) is 12.7. The van der Waals surface area contributed by atoms with E-state index in [4.69, 9.17) is 0 Å². The van der Waals surface area contributed by atoms with Gasteiger partial charge in [0.15, 0.2) is 0 Å². The van der Waals surface area contributed by atoms with Crippen LogP contribution in [0.1, 0.15) is 44.7 Å². The third-order valence-electron chi connectivity index (χ3n) is 2.64. The van der Waals surface area contributed by atoms with E-state index in [2.05, 4.69) is 19.2 Å². The molecular weight excluding hydrogens is 186 g/mol. The van der Waals surface area contributed by atoms with Crippen molar-refractivity contribution in [1.82, 2.24) is 5.32 Å². The van der Waals surface area contributed by atoms with Gasteiger partial charge in [-0.1, -0.05) is 38.5 Å². The Balaban J connectivity index is 2.61. The van der Waals surface area contributed by atoms with Gasteiger partial charge in [-0.25, -0.2) is 0 Å². The number of hydrogen-bond donors (Lipinski definition) is 2. The molecule has 1 unspecified atom stereocenters. The van der Waals surface area contributed by atoms with Crippen molar-refractivity contribution in [3.05, 3.63) is 29.8 Å². The largest absolute Gasteiger partial charge is 0.508 e. The molecule has 1 rings (SSSR count). The lowest BCUT2D eigenvalue weighted by molar-refractivity contribution is 0.439. The third-order valence-corrected chi connectivity index (χ3v) is 2.64. The Kier molecular flexibility index (Phi) is 5.19. The summed E-state index contributed by atoms with van der Waals surface area (Å²) in [7, 11) is 0. The molecule has 0 aromatic heterocycles. The van der Waals surface area contributed by atoms with Crippen molar-refractivity contribution < 1.29 is 5.11 Å². The van der Waals surface area contributed by atoms with E-state index < -0.39 is 0 Å². The van der Waals surface area contributed by atoms with Gasteiger partial charge < -0.3 is 10.4 Å². The van der Waals surface area contributed by atoms with Crippen molar-refractivity contribution in [2.24, 2.45) is 0 Å². The lowest BCUT2D eigenvalue weighted by atomic mass is 10.0. The maximum atomic E-state index is 9.73. The van der Waals surface area contributed by atoms with Crippen LogP contribution in [0, 0.1) is 0 Å². The number of phenolic OH excluding ortho intramolecular Hbond substituents is 1. The Bertz CT molecular complexity index is 286. The maximum absolute atomic E-state index is 9.73. The molecule has 0 aliphatic rings. The molecule has 84 valence electrons.